The fourth-order valence-corrected chi connectivity index (χ4v) is 7.49. The van der Waals surface area contributed by atoms with Crippen molar-refractivity contribution in [3.05, 3.63) is 106 Å². The van der Waals surface area contributed by atoms with Crippen LogP contribution >= 0.6 is 48.0 Å². The van der Waals surface area contributed by atoms with Crippen LogP contribution in [0, 0.1) is 0 Å². The zero-order valence-corrected chi connectivity index (χ0v) is 28.2. The number of hydrogen-bond acceptors (Lipinski definition) is 8. The first-order valence-electron chi connectivity index (χ1n) is 14.8. The molecule has 4 amide bonds. The fraction of sp³-hybridized carbons (Fsp3) is 0.235. The van der Waals surface area contributed by atoms with Crippen molar-refractivity contribution in [3.63, 3.8) is 0 Å². The number of rotatable bonds is 10. The van der Waals surface area contributed by atoms with Gasteiger partial charge >= 0.3 is 0 Å². The molecule has 3 aliphatic rings. The Morgan fingerprint density at radius 1 is 0.630 bits per heavy atom. The van der Waals surface area contributed by atoms with Gasteiger partial charge in [-0.1, -0.05) is 133 Å². The number of amides is 4. The van der Waals surface area contributed by atoms with Crippen LogP contribution in [0.4, 0.5) is 0 Å². The largest absolute Gasteiger partial charge is 0.339 e. The molecule has 8 nitrogen and oxygen atoms in total. The summed E-state index contributed by atoms with van der Waals surface area (Å²) in [7, 11) is 0. The van der Waals surface area contributed by atoms with E-state index in [4.69, 9.17) is 24.4 Å². The lowest BCUT2D eigenvalue weighted by molar-refractivity contribution is -0.140. The zero-order valence-electron chi connectivity index (χ0n) is 24.9. The van der Waals surface area contributed by atoms with Crippen molar-refractivity contribution >= 4 is 92.4 Å². The second-order valence-electron chi connectivity index (χ2n) is 10.5. The molecule has 2 aromatic rings. The quantitative estimate of drug-likeness (QED) is 0.244. The number of hydrogen-bond donors (Lipinski definition) is 0. The molecule has 3 saturated heterocycles. The number of allylic oxidation sites excluding steroid dienone is 4. The van der Waals surface area contributed by atoms with E-state index in [9.17, 15) is 19.2 Å². The van der Waals surface area contributed by atoms with Gasteiger partial charge in [0.1, 0.15) is 8.64 Å². The van der Waals surface area contributed by atoms with Crippen molar-refractivity contribution in [2.75, 3.05) is 39.3 Å². The van der Waals surface area contributed by atoms with Gasteiger partial charge in [0.15, 0.2) is 0 Å². The molecule has 12 heteroatoms. The van der Waals surface area contributed by atoms with Crippen molar-refractivity contribution < 1.29 is 19.2 Å². The Balaban J connectivity index is 1.03. The van der Waals surface area contributed by atoms with Crippen molar-refractivity contribution in [1.29, 1.82) is 0 Å². The number of nitrogens with zero attached hydrogens (tertiary/aromatic N) is 4. The van der Waals surface area contributed by atoms with Crippen LogP contribution in [0.5, 0.6) is 0 Å². The Kier molecular flexibility index (Phi) is 11.8. The first-order valence-corrected chi connectivity index (χ1v) is 17.2. The van der Waals surface area contributed by atoms with Gasteiger partial charge in [0, 0.05) is 52.1 Å². The van der Waals surface area contributed by atoms with E-state index in [-0.39, 0.29) is 49.6 Å². The normalized spacial score (nSPS) is 19.2. The molecule has 0 unspecified atom stereocenters. The van der Waals surface area contributed by atoms with Crippen LogP contribution in [0.1, 0.15) is 24.0 Å². The molecule has 0 radical (unpaired) electrons. The molecule has 0 aromatic heterocycles. The molecule has 2 aromatic carbocycles. The van der Waals surface area contributed by atoms with E-state index >= 15 is 0 Å². The van der Waals surface area contributed by atoms with Crippen LogP contribution in [0.15, 0.2) is 94.8 Å². The van der Waals surface area contributed by atoms with Crippen molar-refractivity contribution in [1.82, 2.24) is 19.6 Å². The summed E-state index contributed by atoms with van der Waals surface area (Å²) in [4.78, 5) is 59.1. The van der Waals surface area contributed by atoms with Crippen molar-refractivity contribution in [3.8, 4) is 0 Å². The molecule has 0 spiro atoms. The number of piperazine rings is 1. The second kappa shape index (κ2) is 16.1. The van der Waals surface area contributed by atoms with Crippen LogP contribution in [0.2, 0.25) is 0 Å². The van der Waals surface area contributed by atoms with E-state index in [0.717, 1.165) is 11.1 Å². The third-order valence-corrected chi connectivity index (χ3v) is 10.3. The van der Waals surface area contributed by atoms with Gasteiger partial charge < -0.3 is 9.80 Å². The molecule has 0 N–H and O–H groups in total. The summed E-state index contributed by atoms with van der Waals surface area (Å²) in [6.07, 6.45) is 11.3. The SMILES string of the molecule is O=C(CCN1C(=O)/C(=C/C=C/c2ccccc2)SC1=S)N1CCN(C(=O)CCN2C(=O)/C(=C\C=C\c3ccccc3)SC2=S)CC1. The molecule has 236 valence electrons. The molecular weight excluding hydrogens is 657 g/mol. The Labute approximate surface area is 287 Å². The van der Waals surface area contributed by atoms with Gasteiger partial charge in [-0.3, -0.25) is 29.0 Å². The number of thioether (sulfide) groups is 2. The van der Waals surface area contributed by atoms with E-state index in [1.54, 1.807) is 22.0 Å². The predicted octanol–water partition coefficient (Wildman–Crippen LogP) is 5.35. The molecular formula is C34H32N4O4S4. The maximum atomic E-state index is 13.0. The minimum absolute atomic E-state index is 0.0835. The highest BCUT2D eigenvalue weighted by Gasteiger charge is 2.34. The minimum Gasteiger partial charge on any atom is -0.339 e. The van der Waals surface area contributed by atoms with Crippen LogP contribution in [-0.4, -0.2) is 91.1 Å². The molecule has 0 bridgehead atoms. The third kappa shape index (κ3) is 8.69. The Morgan fingerprint density at radius 2 is 1.00 bits per heavy atom. The summed E-state index contributed by atoms with van der Waals surface area (Å²) < 4.78 is 0.876. The van der Waals surface area contributed by atoms with Crippen LogP contribution in [-0.2, 0) is 19.2 Å². The molecule has 3 fully saturated rings. The summed E-state index contributed by atoms with van der Waals surface area (Å²) in [6, 6.07) is 19.6. The molecule has 3 aliphatic heterocycles. The number of benzene rings is 2. The van der Waals surface area contributed by atoms with Crippen LogP contribution in [0.25, 0.3) is 12.2 Å². The van der Waals surface area contributed by atoms with Gasteiger partial charge in [-0.25, -0.2) is 0 Å². The highest BCUT2D eigenvalue weighted by atomic mass is 32.2. The smallest absolute Gasteiger partial charge is 0.266 e. The lowest BCUT2D eigenvalue weighted by Gasteiger charge is -2.35. The van der Waals surface area contributed by atoms with Gasteiger partial charge in [-0.15, -0.1) is 0 Å². The van der Waals surface area contributed by atoms with E-state index in [1.807, 2.05) is 85.0 Å². The van der Waals surface area contributed by atoms with Gasteiger partial charge in [0.05, 0.1) is 9.81 Å². The first-order chi connectivity index (χ1) is 22.3. The highest BCUT2D eigenvalue weighted by molar-refractivity contribution is 8.27. The summed E-state index contributed by atoms with van der Waals surface area (Å²) in [5.41, 5.74) is 2.06. The average molecular weight is 689 g/mol. The topological polar surface area (TPSA) is 81.2 Å². The number of thiocarbonyl (C=S) groups is 2. The van der Waals surface area contributed by atoms with Gasteiger partial charge in [0.25, 0.3) is 11.8 Å². The minimum atomic E-state index is -0.198. The number of carbonyl (C=O) groups excluding carboxylic acids is 4. The second-order valence-corrected chi connectivity index (χ2v) is 13.9. The maximum Gasteiger partial charge on any atom is 0.266 e. The highest BCUT2D eigenvalue weighted by Crippen LogP contribution is 2.32. The zero-order chi connectivity index (χ0) is 32.5. The maximum absolute atomic E-state index is 13.0. The van der Waals surface area contributed by atoms with Gasteiger partial charge in [-0.05, 0) is 23.3 Å². The molecule has 46 heavy (non-hydrogen) atoms. The summed E-state index contributed by atoms with van der Waals surface area (Å²) in [5, 5.41) is 0. The van der Waals surface area contributed by atoms with E-state index in [2.05, 4.69) is 0 Å². The summed E-state index contributed by atoms with van der Waals surface area (Å²) >= 11 is 13.3. The molecule has 0 aliphatic carbocycles. The molecule has 5 rings (SSSR count). The average Bonchev–Trinajstić information content (AvgIpc) is 3.50. The van der Waals surface area contributed by atoms with Crippen LogP contribution in [0.3, 0.4) is 0 Å². The van der Waals surface area contributed by atoms with Crippen LogP contribution < -0.4 is 0 Å². The summed E-state index contributed by atoms with van der Waals surface area (Å²) in [6.45, 7) is 2.05. The van der Waals surface area contributed by atoms with Gasteiger partial charge in [0.2, 0.25) is 11.8 Å². The van der Waals surface area contributed by atoms with Crippen molar-refractivity contribution in [2.24, 2.45) is 0 Å². The predicted molar refractivity (Wildman–Crippen MR) is 193 cm³/mol. The lowest BCUT2D eigenvalue weighted by atomic mass is 10.2. The third-order valence-electron chi connectivity index (χ3n) is 7.50. The molecule has 0 atom stereocenters. The fourth-order valence-electron chi connectivity index (χ4n) is 4.97. The van der Waals surface area contributed by atoms with Gasteiger partial charge in [-0.2, -0.15) is 0 Å². The molecule has 0 saturated carbocycles. The summed E-state index contributed by atoms with van der Waals surface area (Å²) in [5.74, 6) is -0.562. The van der Waals surface area contributed by atoms with E-state index in [0.29, 0.717) is 44.6 Å². The Bertz CT molecular complexity index is 1510. The first kappa shape index (κ1) is 33.5. The van der Waals surface area contributed by atoms with E-state index < -0.39 is 0 Å². The van der Waals surface area contributed by atoms with E-state index in [1.165, 1.54) is 33.3 Å². The molecule has 3 heterocycles. The lowest BCUT2D eigenvalue weighted by Crippen LogP contribution is -2.51. The standard InChI is InChI=1S/C34H32N4O4S4/c39-29(17-19-37-31(41)27(45-33(37)43)15-7-13-25-9-3-1-4-10-25)35-21-23-36(24-22-35)30(40)18-20-38-32(42)28(46-34(38)44)16-8-14-26-11-5-2-6-12-26/h1-16H,17-24H2/b13-7+,14-8+,27-15-,28-16+. The Hall–Kier alpha value is -3.84. The monoisotopic (exact) mass is 688 g/mol. The van der Waals surface area contributed by atoms with Crippen molar-refractivity contribution in [2.45, 2.75) is 12.8 Å². The Morgan fingerprint density at radius 3 is 1.37 bits per heavy atom. The number of carbonyl (C=O) groups is 4.